The normalized spacial score (nSPS) is 22.0. The van der Waals surface area contributed by atoms with Crippen LogP contribution >= 0.6 is 0 Å². The van der Waals surface area contributed by atoms with E-state index in [1.54, 1.807) is 11.9 Å². The van der Waals surface area contributed by atoms with Gasteiger partial charge in [0.05, 0.1) is 0 Å². The van der Waals surface area contributed by atoms with Crippen molar-refractivity contribution in [2.75, 3.05) is 20.1 Å². The average molecular weight is 329 g/mol. The number of benzene rings is 1. The Hall–Kier alpha value is -2.37. The van der Waals surface area contributed by atoms with Crippen LogP contribution in [0.4, 0.5) is 4.79 Å². The smallest absolute Gasteiger partial charge is 0.325 e. The van der Waals surface area contributed by atoms with Crippen molar-refractivity contribution in [3.8, 4) is 0 Å². The van der Waals surface area contributed by atoms with Crippen LogP contribution in [-0.2, 0) is 21.5 Å². The molecule has 1 aliphatic heterocycles. The number of aryl methyl sites for hydroxylation is 1. The number of urea groups is 1. The van der Waals surface area contributed by atoms with E-state index < -0.39 is 11.6 Å². The number of hydrogen-bond acceptors (Lipinski definition) is 3. The largest absolute Gasteiger partial charge is 0.344 e. The van der Waals surface area contributed by atoms with Gasteiger partial charge in [0.2, 0.25) is 5.91 Å². The molecule has 1 spiro atoms. The Labute approximate surface area is 141 Å². The molecular formula is C18H23N3O3. The van der Waals surface area contributed by atoms with E-state index in [4.69, 9.17) is 0 Å². The Morgan fingerprint density at radius 3 is 2.83 bits per heavy atom. The van der Waals surface area contributed by atoms with Crippen LogP contribution in [0.15, 0.2) is 24.3 Å². The Morgan fingerprint density at radius 2 is 2.08 bits per heavy atom. The van der Waals surface area contributed by atoms with E-state index in [0.717, 1.165) is 35.3 Å². The molecule has 0 saturated carbocycles. The number of likely N-dealkylation sites (N-methyl/N-ethyl adjacent to an activating group) is 1. The monoisotopic (exact) mass is 329 g/mol. The van der Waals surface area contributed by atoms with Crippen LogP contribution in [0.3, 0.4) is 0 Å². The van der Waals surface area contributed by atoms with Crippen LogP contribution in [0.1, 0.15) is 37.3 Å². The summed E-state index contributed by atoms with van der Waals surface area (Å²) in [5, 5.41) is 2.84. The first-order valence-electron chi connectivity index (χ1n) is 8.46. The molecule has 1 atom stereocenters. The average Bonchev–Trinajstić information content (AvgIpc) is 3.06. The molecule has 6 nitrogen and oxygen atoms in total. The quantitative estimate of drug-likeness (QED) is 0.835. The van der Waals surface area contributed by atoms with Gasteiger partial charge in [0.1, 0.15) is 12.1 Å². The number of amides is 4. The summed E-state index contributed by atoms with van der Waals surface area (Å²) in [5.41, 5.74) is 0.952. The second kappa shape index (κ2) is 6.26. The number of rotatable bonds is 5. The van der Waals surface area contributed by atoms with Crippen molar-refractivity contribution >= 4 is 17.8 Å². The van der Waals surface area contributed by atoms with Gasteiger partial charge >= 0.3 is 6.03 Å². The van der Waals surface area contributed by atoms with E-state index in [9.17, 15) is 14.4 Å². The molecule has 4 amide bonds. The van der Waals surface area contributed by atoms with Crippen molar-refractivity contribution < 1.29 is 14.4 Å². The van der Waals surface area contributed by atoms with Crippen molar-refractivity contribution in [1.29, 1.82) is 0 Å². The number of fused-ring (bicyclic) bond motifs is 2. The number of nitrogens with zero attached hydrogens (tertiary/aromatic N) is 2. The number of carbonyl (C=O) groups excluding carboxylic acids is 3. The van der Waals surface area contributed by atoms with Gasteiger partial charge in [-0.15, -0.1) is 0 Å². The molecular weight excluding hydrogens is 306 g/mol. The molecule has 0 radical (unpaired) electrons. The lowest BCUT2D eigenvalue weighted by atomic mass is 9.92. The lowest BCUT2D eigenvalue weighted by Gasteiger charge is -2.23. The van der Waals surface area contributed by atoms with Gasteiger partial charge < -0.3 is 10.2 Å². The van der Waals surface area contributed by atoms with Gasteiger partial charge in [-0.1, -0.05) is 37.6 Å². The first-order valence-corrected chi connectivity index (χ1v) is 8.46. The summed E-state index contributed by atoms with van der Waals surface area (Å²) in [6.07, 6.45) is 3.19. The number of nitrogens with one attached hydrogen (secondary N) is 1. The third-order valence-corrected chi connectivity index (χ3v) is 4.99. The molecule has 1 heterocycles. The number of carbonyl (C=O) groups is 3. The van der Waals surface area contributed by atoms with Crippen molar-refractivity contribution in [2.45, 2.75) is 38.1 Å². The minimum absolute atomic E-state index is 0.200. The molecule has 0 unspecified atom stereocenters. The molecule has 1 saturated heterocycles. The van der Waals surface area contributed by atoms with Gasteiger partial charge in [-0.2, -0.15) is 0 Å². The van der Waals surface area contributed by atoms with Crippen LogP contribution in [0, 0.1) is 0 Å². The minimum Gasteiger partial charge on any atom is -0.344 e. The standard InChI is InChI=1S/C18H23N3O3/c1-3-4-11-20(2)15(22)12-21-16(23)18(19-17(21)24)10-9-13-7-5-6-8-14(13)18/h5-8H,3-4,9-12H2,1-2H3,(H,19,24)/t18-/m0/s1. The maximum atomic E-state index is 12.9. The Morgan fingerprint density at radius 1 is 1.33 bits per heavy atom. The van der Waals surface area contributed by atoms with E-state index in [1.165, 1.54) is 0 Å². The first-order chi connectivity index (χ1) is 11.5. The molecule has 1 N–H and O–H groups in total. The van der Waals surface area contributed by atoms with Gasteiger partial charge in [0.25, 0.3) is 5.91 Å². The number of imide groups is 1. The number of hydrogen-bond donors (Lipinski definition) is 1. The molecule has 0 bridgehead atoms. The predicted octanol–water partition coefficient (Wildman–Crippen LogP) is 1.64. The Kier molecular flexibility index (Phi) is 4.30. The van der Waals surface area contributed by atoms with Crippen LogP contribution in [0.5, 0.6) is 0 Å². The van der Waals surface area contributed by atoms with Gasteiger partial charge in [-0.25, -0.2) is 4.79 Å². The van der Waals surface area contributed by atoms with Crippen molar-refractivity contribution in [2.24, 2.45) is 0 Å². The zero-order valence-electron chi connectivity index (χ0n) is 14.2. The van der Waals surface area contributed by atoms with Crippen LogP contribution in [0.2, 0.25) is 0 Å². The SMILES string of the molecule is CCCCN(C)C(=O)CN1C(=O)N[C@]2(CCc3ccccc32)C1=O. The lowest BCUT2D eigenvalue weighted by Crippen LogP contribution is -2.44. The zero-order chi connectivity index (χ0) is 17.3. The third-order valence-electron chi connectivity index (χ3n) is 4.99. The highest BCUT2D eigenvalue weighted by Crippen LogP contribution is 2.41. The van der Waals surface area contributed by atoms with Gasteiger partial charge in [-0.05, 0) is 30.4 Å². The van der Waals surface area contributed by atoms with Crippen LogP contribution in [0.25, 0.3) is 0 Å². The zero-order valence-corrected chi connectivity index (χ0v) is 14.2. The summed E-state index contributed by atoms with van der Waals surface area (Å²) in [7, 11) is 1.71. The van der Waals surface area contributed by atoms with E-state index in [2.05, 4.69) is 12.2 Å². The highest BCUT2D eigenvalue weighted by molar-refractivity contribution is 6.09. The molecule has 1 fully saturated rings. The first kappa shape index (κ1) is 16.5. The second-order valence-corrected chi connectivity index (χ2v) is 6.55. The van der Waals surface area contributed by atoms with E-state index in [1.807, 2.05) is 24.3 Å². The minimum atomic E-state index is -0.990. The van der Waals surface area contributed by atoms with Crippen molar-refractivity contribution in [3.05, 3.63) is 35.4 Å². The van der Waals surface area contributed by atoms with Crippen molar-refractivity contribution in [3.63, 3.8) is 0 Å². The Bertz CT molecular complexity index is 688. The predicted molar refractivity (Wildman–Crippen MR) is 89.2 cm³/mol. The van der Waals surface area contributed by atoms with Crippen molar-refractivity contribution in [1.82, 2.24) is 15.1 Å². The number of unbranched alkanes of at least 4 members (excludes halogenated alkanes) is 1. The van der Waals surface area contributed by atoms with Crippen LogP contribution < -0.4 is 5.32 Å². The fourth-order valence-corrected chi connectivity index (χ4v) is 3.51. The fraction of sp³-hybridized carbons (Fsp3) is 0.500. The van der Waals surface area contributed by atoms with Gasteiger partial charge in [-0.3, -0.25) is 14.5 Å². The molecule has 2 aliphatic rings. The highest BCUT2D eigenvalue weighted by Gasteiger charge is 2.55. The topological polar surface area (TPSA) is 69.7 Å². The fourth-order valence-electron chi connectivity index (χ4n) is 3.51. The van der Waals surface area contributed by atoms with E-state index in [0.29, 0.717) is 13.0 Å². The lowest BCUT2D eigenvalue weighted by molar-refractivity contribution is -0.138. The molecule has 1 aliphatic carbocycles. The third kappa shape index (κ3) is 2.56. The van der Waals surface area contributed by atoms with E-state index in [-0.39, 0.29) is 18.4 Å². The maximum absolute atomic E-state index is 12.9. The van der Waals surface area contributed by atoms with E-state index >= 15 is 0 Å². The molecule has 1 aromatic rings. The molecule has 128 valence electrons. The Balaban J connectivity index is 1.77. The summed E-state index contributed by atoms with van der Waals surface area (Å²) < 4.78 is 0. The van der Waals surface area contributed by atoms with Gasteiger partial charge in [0, 0.05) is 13.6 Å². The second-order valence-electron chi connectivity index (χ2n) is 6.55. The summed E-state index contributed by atoms with van der Waals surface area (Å²) in [5.74, 6) is -0.523. The summed E-state index contributed by atoms with van der Waals surface area (Å²) in [4.78, 5) is 40.2. The van der Waals surface area contributed by atoms with Crippen LogP contribution in [-0.4, -0.2) is 47.8 Å². The molecule has 24 heavy (non-hydrogen) atoms. The highest BCUT2D eigenvalue weighted by atomic mass is 16.2. The van der Waals surface area contributed by atoms with Gasteiger partial charge in [0.15, 0.2) is 0 Å². The molecule has 3 rings (SSSR count). The molecule has 0 aromatic heterocycles. The summed E-state index contributed by atoms with van der Waals surface area (Å²) in [6.45, 7) is 2.48. The summed E-state index contributed by atoms with van der Waals surface area (Å²) >= 11 is 0. The maximum Gasteiger partial charge on any atom is 0.325 e. The molecule has 6 heteroatoms. The summed E-state index contributed by atoms with van der Waals surface area (Å²) in [6, 6.07) is 7.20. The molecule has 1 aromatic carbocycles.